The number of carbonyl (C=O) groups is 2. The molecule has 4 nitrogen and oxygen atoms in total. The van der Waals surface area contributed by atoms with E-state index < -0.39 is 11.4 Å². The fourth-order valence-electron chi connectivity index (χ4n) is 2.32. The second-order valence-electron chi connectivity index (χ2n) is 4.96. The first-order valence-corrected chi connectivity index (χ1v) is 5.91. The van der Waals surface area contributed by atoms with Crippen molar-refractivity contribution in [3.63, 3.8) is 0 Å². The van der Waals surface area contributed by atoms with Gasteiger partial charge in [0.2, 0.25) is 5.91 Å². The summed E-state index contributed by atoms with van der Waals surface area (Å²) in [5.74, 6) is -0.881. The van der Waals surface area contributed by atoms with E-state index in [9.17, 15) is 14.7 Å². The van der Waals surface area contributed by atoms with Gasteiger partial charge in [-0.05, 0) is 12.8 Å². The first-order chi connectivity index (χ1) is 7.48. The molecule has 0 aromatic rings. The molecule has 0 spiro atoms. The lowest BCUT2D eigenvalue weighted by Gasteiger charge is -2.28. The summed E-state index contributed by atoms with van der Waals surface area (Å²) in [6.45, 7) is 0. The third-order valence-electron chi connectivity index (χ3n) is 3.50. The lowest BCUT2D eigenvalue weighted by atomic mass is 9.77. The molecule has 0 heterocycles. The molecule has 0 radical (unpaired) electrons. The minimum Gasteiger partial charge on any atom is -0.481 e. The highest BCUT2D eigenvalue weighted by Crippen LogP contribution is 2.38. The molecule has 0 atom stereocenters. The van der Waals surface area contributed by atoms with Crippen LogP contribution in [0.25, 0.3) is 0 Å². The number of aliphatic carboxylic acids is 1. The summed E-state index contributed by atoms with van der Waals surface area (Å²) >= 11 is 0. The number of carbonyl (C=O) groups excluding carboxylic acids is 1. The summed E-state index contributed by atoms with van der Waals surface area (Å²) in [7, 11) is 3.35. The number of nitrogens with zero attached hydrogens (tertiary/aromatic N) is 1. The second kappa shape index (κ2) is 5.32. The molecule has 1 N–H and O–H groups in total. The lowest BCUT2D eigenvalue weighted by molar-refractivity contribution is -0.154. The maximum absolute atomic E-state index is 11.7. The SMILES string of the molecule is CN(C)C(=O)CC1(C(=O)O)CCCCCC1. The second-order valence-corrected chi connectivity index (χ2v) is 4.96. The van der Waals surface area contributed by atoms with Gasteiger partial charge in [-0.3, -0.25) is 9.59 Å². The van der Waals surface area contributed by atoms with Gasteiger partial charge in [-0.25, -0.2) is 0 Å². The number of hydrogen-bond acceptors (Lipinski definition) is 2. The molecular formula is C12H21NO3. The van der Waals surface area contributed by atoms with Crippen LogP contribution in [0.5, 0.6) is 0 Å². The summed E-state index contributed by atoms with van der Waals surface area (Å²) in [6.07, 6.45) is 5.45. The predicted octanol–water partition coefficient (Wildman–Crippen LogP) is 1.89. The zero-order valence-corrected chi connectivity index (χ0v) is 10.2. The van der Waals surface area contributed by atoms with E-state index in [1.807, 2.05) is 0 Å². The van der Waals surface area contributed by atoms with Crippen LogP contribution in [0.1, 0.15) is 44.9 Å². The van der Waals surface area contributed by atoms with Crippen molar-refractivity contribution in [3.8, 4) is 0 Å². The van der Waals surface area contributed by atoms with Crippen molar-refractivity contribution in [2.24, 2.45) is 5.41 Å². The number of carboxylic acid groups (broad SMARTS) is 1. The maximum Gasteiger partial charge on any atom is 0.310 e. The molecule has 0 aliphatic heterocycles. The summed E-state index contributed by atoms with van der Waals surface area (Å²) < 4.78 is 0. The van der Waals surface area contributed by atoms with Gasteiger partial charge in [0.1, 0.15) is 0 Å². The van der Waals surface area contributed by atoms with Crippen LogP contribution in [0.2, 0.25) is 0 Å². The van der Waals surface area contributed by atoms with E-state index in [-0.39, 0.29) is 12.3 Å². The average molecular weight is 227 g/mol. The van der Waals surface area contributed by atoms with Crippen molar-refractivity contribution in [3.05, 3.63) is 0 Å². The van der Waals surface area contributed by atoms with Gasteiger partial charge >= 0.3 is 5.97 Å². The minimum absolute atomic E-state index is 0.0794. The van der Waals surface area contributed by atoms with Crippen molar-refractivity contribution < 1.29 is 14.7 Å². The summed E-state index contributed by atoms with van der Waals surface area (Å²) in [6, 6.07) is 0. The predicted molar refractivity (Wildman–Crippen MR) is 61.1 cm³/mol. The van der Waals surface area contributed by atoms with E-state index >= 15 is 0 Å². The minimum atomic E-state index is -0.808. The molecule has 0 bridgehead atoms. The van der Waals surface area contributed by atoms with Crippen LogP contribution in [-0.2, 0) is 9.59 Å². The van der Waals surface area contributed by atoms with Crippen LogP contribution in [0.15, 0.2) is 0 Å². The van der Waals surface area contributed by atoms with Crippen LogP contribution in [0.4, 0.5) is 0 Å². The normalized spacial score (nSPS) is 19.9. The lowest BCUT2D eigenvalue weighted by Crippen LogP contribution is -2.37. The summed E-state index contributed by atoms with van der Waals surface area (Å²) in [5, 5.41) is 9.37. The molecule has 92 valence electrons. The van der Waals surface area contributed by atoms with Crippen LogP contribution in [-0.4, -0.2) is 36.0 Å². The number of carboxylic acids is 1. The summed E-state index contributed by atoms with van der Waals surface area (Å²) in [4.78, 5) is 24.6. The Morgan fingerprint density at radius 1 is 1.12 bits per heavy atom. The largest absolute Gasteiger partial charge is 0.481 e. The number of hydrogen-bond donors (Lipinski definition) is 1. The van der Waals surface area contributed by atoms with E-state index in [0.29, 0.717) is 12.8 Å². The Labute approximate surface area is 96.6 Å². The third-order valence-corrected chi connectivity index (χ3v) is 3.50. The molecule has 1 fully saturated rings. The highest BCUT2D eigenvalue weighted by atomic mass is 16.4. The molecule has 1 amide bonds. The highest BCUT2D eigenvalue weighted by molar-refractivity contribution is 5.84. The number of amides is 1. The van der Waals surface area contributed by atoms with E-state index in [1.165, 1.54) is 4.90 Å². The zero-order chi connectivity index (χ0) is 12.2. The Morgan fingerprint density at radius 2 is 1.62 bits per heavy atom. The van der Waals surface area contributed by atoms with Crippen molar-refractivity contribution in [2.75, 3.05) is 14.1 Å². The van der Waals surface area contributed by atoms with Gasteiger partial charge in [-0.1, -0.05) is 25.7 Å². The molecule has 1 rings (SSSR count). The van der Waals surface area contributed by atoms with Crippen molar-refractivity contribution in [1.82, 2.24) is 4.90 Å². The van der Waals surface area contributed by atoms with Crippen molar-refractivity contribution in [1.29, 1.82) is 0 Å². The van der Waals surface area contributed by atoms with E-state index in [4.69, 9.17) is 0 Å². The Morgan fingerprint density at radius 3 is 2.00 bits per heavy atom. The van der Waals surface area contributed by atoms with Gasteiger partial charge in [0, 0.05) is 20.5 Å². The molecule has 0 unspecified atom stereocenters. The Bertz CT molecular complexity index is 263. The fourth-order valence-corrected chi connectivity index (χ4v) is 2.32. The zero-order valence-electron chi connectivity index (χ0n) is 10.2. The van der Waals surface area contributed by atoms with Crippen molar-refractivity contribution in [2.45, 2.75) is 44.9 Å². The molecule has 0 aromatic carbocycles. The van der Waals surface area contributed by atoms with Crippen LogP contribution in [0, 0.1) is 5.41 Å². The Hall–Kier alpha value is -1.06. The van der Waals surface area contributed by atoms with E-state index in [2.05, 4.69) is 0 Å². The van der Waals surface area contributed by atoms with Crippen LogP contribution in [0.3, 0.4) is 0 Å². The summed E-state index contributed by atoms with van der Waals surface area (Å²) in [5.41, 5.74) is -0.808. The topological polar surface area (TPSA) is 57.6 Å². The standard InChI is InChI=1S/C12H21NO3/c1-13(2)10(14)9-12(11(15)16)7-5-3-4-6-8-12/h3-9H2,1-2H3,(H,15,16). The molecule has 1 saturated carbocycles. The average Bonchev–Trinajstić information content (AvgIpc) is 2.44. The Kier molecular flexibility index (Phi) is 4.33. The Balaban J connectivity index is 2.78. The van der Waals surface area contributed by atoms with Gasteiger partial charge in [0.15, 0.2) is 0 Å². The monoisotopic (exact) mass is 227 g/mol. The number of rotatable bonds is 3. The third kappa shape index (κ3) is 2.97. The highest BCUT2D eigenvalue weighted by Gasteiger charge is 2.40. The molecule has 4 heteroatoms. The van der Waals surface area contributed by atoms with Crippen LogP contribution >= 0.6 is 0 Å². The molecule has 0 aromatic heterocycles. The molecule has 1 aliphatic rings. The van der Waals surface area contributed by atoms with Gasteiger partial charge in [0.05, 0.1) is 5.41 Å². The molecule has 16 heavy (non-hydrogen) atoms. The fraction of sp³-hybridized carbons (Fsp3) is 0.833. The first-order valence-electron chi connectivity index (χ1n) is 5.91. The van der Waals surface area contributed by atoms with Gasteiger partial charge in [-0.2, -0.15) is 0 Å². The molecule has 1 aliphatic carbocycles. The maximum atomic E-state index is 11.7. The quantitative estimate of drug-likeness (QED) is 0.749. The van der Waals surface area contributed by atoms with E-state index in [0.717, 1.165) is 25.7 Å². The van der Waals surface area contributed by atoms with Gasteiger partial charge < -0.3 is 10.0 Å². The van der Waals surface area contributed by atoms with Gasteiger partial charge in [0.25, 0.3) is 0 Å². The van der Waals surface area contributed by atoms with Crippen molar-refractivity contribution >= 4 is 11.9 Å². The van der Waals surface area contributed by atoms with Gasteiger partial charge in [-0.15, -0.1) is 0 Å². The molecule has 0 saturated heterocycles. The van der Waals surface area contributed by atoms with Crippen LogP contribution < -0.4 is 0 Å². The first kappa shape index (κ1) is 13.0. The van der Waals surface area contributed by atoms with E-state index in [1.54, 1.807) is 14.1 Å². The smallest absolute Gasteiger partial charge is 0.310 e. The molecular weight excluding hydrogens is 206 g/mol.